The Bertz CT molecular complexity index is 1180. The van der Waals surface area contributed by atoms with Crippen LogP contribution in [0.4, 0.5) is 20.7 Å². The lowest BCUT2D eigenvalue weighted by molar-refractivity contribution is 0.210. The van der Waals surface area contributed by atoms with Crippen molar-refractivity contribution in [2.24, 2.45) is 17.6 Å². The van der Waals surface area contributed by atoms with Crippen LogP contribution >= 0.6 is 0 Å². The van der Waals surface area contributed by atoms with E-state index in [0.717, 1.165) is 50.0 Å². The molecule has 0 unspecified atom stereocenters. The minimum atomic E-state index is -0.598. The third-order valence-electron chi connectivity index (χ3n) is 7.06. The Morgan fingerprint density at radius 1 is 1.21 bits per heavy atom. The van der Waals surface area contributed by atoms with E-state index in [-0.39, 0.29) is 24.3 Å². The summed E-state index contributed by atoms with van der Waals surface area (Å²) in [6, 6.07) is 0.294. The molecule has 2 saturated heterocycles. The molecule has 2 aromatic rings. The Morgan fingerprint density at radius 3 is 2.64 bits per heavy atom. The van der Waals surface area contributed by atoms with Crippen LogP contribution in [0.2, 0.25) is 0 Å². The number of nitrogens with two attached hydrogens (primary N) is 1. The van der Waals surface area contributed by atoms with Crippen LogP contribution in [0.1, 0.15) is 44.9 Å². The molecular weight excluding hydrogens is 508 g/mol. The molecule has 0 saturated carbocycles. The van der Waals surface area contributed by atoms with E-state index in [4.69, 9.17) is 19.7 Å². The SMILES string of the molecule is C=C/C(F)=C\C=C(\F)C[C@H]1CN(c2ncc(OCC3CCN(c4nc(C(C)C)no4)CC3)c(OC)n2)C[C@@H]1N. The standard InChI is InChI=1S/C27H37F2N7O3/c1-5-20(28)6-7-21(29)12-19-14-36(15-22(19)30)26-31-13-23(25(33-26)37-4)38-16-18-8-10-35(11-9-18)27-32-24(17(2)3)34-39-27/h5-7,13,17-19,22H,1,8-12,14-16,30H2,2-4H3/b20-6+,21-7+/t19-,22-/m0/s1. The number of hydrogen-bond acceptors (Lipinski definition) is 10. The Kier molecular flexibility index (Phi) is 9.50. The van der Waals surface area contributed by atoms with Gasteiger partial charge in [-0.1, -0.05) is 25.6 Å². The van der Waals surface area contributed by atoms with Gasteiger partial charge >= 0.3 is 6.01 Å². The summed E-state index contributed by atoms with van der Waals surface area (Å²) < 4.78 is 44.4. The molecule has 0 radical (unpaired) electrons. The molecule has 0 aromatic carbocycles. The number of aromatic nitrogens is 4. The van der Waals surface area contributed by atoms with Gasteiger partial charge in [0.25, 0.3) is 5.88 Å². The summed E-state index contributed by atoms with van der Waals surface area (Å²) >= 11 is 0. The normalized spacial score (nSPS) is 21.1. The number of halogens is 2. The van der Waals surface area contributed by atoms with E-state index in [1.54, 1.807) is 6.20 Å². The highest BCUT2D eigenvalue weighted by atomic mass is 19.1. The summed E-state index contributed by atoms with van der Waals surface area (Å²) in [6.07, 6.45) is 6.73. The van der Waals surface area contributed by atoms with Gasteiger partial charge in [0.05, 0.1) is 19.9 Å². The zero-order valence-corrected chi connectivity index (χ0v) is 22.7. The Hall–Kier alpha value is -3.54. The highest BCUT2D eigenvalue weighted by Crippen LogP contribution is 2.31. The van der Waals surface area contributed by atoms with Gasteiger partial charge in [-0.05, 0) is 42.9 Å². The van der Waals surface area contributed by atoms with Crippen LogP contribution in [0.5, 0.6) is 11.6 Å². The van der Waals surface area contributed by atoms with Crippen LogP contribution in [0.25, 0.3) is 0 Å². The molecule has 0 spiro atoms. The second kappa shape index (κ2) is 13.0. The third kappa shape index (κ3) is 7.31. The average Bonchev–Trinajstić information content (AvgIpc) is 3.58. The fraction of sp³-hybridized carbons (Fsp3) is 0.556. The summed E-state index contributed by atoms with van der Waals surface area (Å²) in [5, 5.41) is 4.05. The number of allylic oxidation sites excluding steroid dienone is 5. The highest BCUT2D eigenvalue weighted by Gasteiger charge is 2.33. The van der Waals surface area contributed by atoms with Gasteiger partial charge in [-0.2, -0.15) is 9.97 Å². The van der Waals surface area contributed by atoms with Crippen molar-refractivity contribution < 1.29 is 22.8 Å². The molecule has 0 aliphatic carbocycles. The fourth-order valence-corrected chi connectivity index (χ4v) is 4.66. The summed E-state index contributed by atoms with van der Waals surface area (Å²) in [4.78, 5) is 17.5. The van der Waals surface area contributed by atoms with E-state index in [1.807, 2.05) is 18.7 Å². The van der Waals surface area contributed by atoms with Crippen molar-refractivity contribution in [2.45, 2.75) is 45.1 Å². The number of ether oxygens (including phenoxy) is 2. The molecule has 4 heterocycles. The first-order valence-corrected chi connectivity index (χ1v) is 13.2. The van der Waals surface area contributed by atoms with E-state index in [0.29, 0.717) is 49.2 Å². The highest BCUT2D eigenvalue weighted by molar-refractivity contribution is 5.41. The first kappa shape index (κ1) is 28.5. The van der Waals surface area contributed by atoms with Gasteiger partial charge in [-0.15, -0.1) is 0 Å². The van der Waals surface area contributed by atoms with E-state index < -0.39 is 11.7 Å². The zero-order chi connectivity index (χ0) is 27.9. The van der Waals surface area contributed by atoms with Gasteiger partial charge in [-0.25, -0.2) is 13.8 Å². The fourth-order valence-electron chi connectivity index (χ4n) is 4.66. The summed E-state index contributed by atoms with van der Waals surface area (Å²) in [6.45, 7) is 10.5. The molecule has 0 amide bonds. The second-order valence-corrected chi connectivity index (χ2v) is 10.3. The molecule has 2 aliphatic heterocycles. The molecule has 0 bridgehead atoms. The van der Waals surface area contributed by atoms with Crippen LogP contribution in [0, 0.1) is 11.8 Å². The van der Waals surface area contributed by atoms with Gasteiger partial charge in [0.15, 0.2) is 11.6 Å². The molecule has 2 N–H and O–H groups in total. The van der Waals surface area contributed by atoms with E-state index in [2.05, 4.69) is 31.6 Å². The van der Waals surface area contributed by atoms with Crippen LogP contribution in [-0.2, 0) is 0 Å². The molecule has 10 nitrogen and oxygen atoms in total. The van der Waals surface area contributed by atoms with Crippen molar-refractivity contribution in [3.8, 4) is 11.6 Å². The average molecular weight is 546 g/mol. The molecule has 12 heteroatoms. The van der Waals surface area contributed by atoms with Crippen molar-refractivity contribution in [1.29, 1.82) is 0 Å². The zero-order valence-electron chi connectivity index (χ0n) is 22.7. The van der Waals surface area contributed by atoms with Gasteiger partial charge < -0.3 is 29.5 Å². The minimum Gasteiger partial charge on any atom is -0.486 e. The van der Waals surface area contributed by atoms with Gasteiger partial charge in [0, 0.05) is 44.6 Å². The number of methoxy groups -OCH3 is 1. The smallest absolute Gasteiger partial charge is 0.324 e. The molecule has 39 heavy (non-hydrogen) atoms. The number of anilines is 2. The topological polar surface area (TPSA) is 116 Å². The number of hydrogen-bond donors (Lipinski definition) is 1. The monoisotopic (exact) mass is 545 g/mol. The van der Waals surface area contributed by atoms with Gasteiger partial charge in [0.1, 0.15) is 11.7 Å². The molecule has 4 rings (SSSR count). The summed E-state index contributed by atoms with van der Waals surface area (Å²) in [7, 11) is 1.53. The van der Waals surface area contributed by atoms with Crippen molar-refractivity contribution in [3.63, 3.8) is 0 Å². The molecule has 212 valence electrons. The quantitative estimate of drug-likeness (QED) is 0.409. The molecule has 2 aliphatic rings. The maximum Gasteiger partial charge on any atom is 0.324 e. The van der Waals surface area contributed by atoms with Gasteiger partial charge in [0.2, 0.25) is 5.95 Å². The molecular formula is C27H37F2N7O3. The number of nitrogens with zero attached hydrogens (tertiary/aromatic N) is 6. The van der Waals surface area contributed by atoms with E-state index in [1.165, 1.54) is 7.11 Å². The minimum absolute atomic E-state index is 0.0983. The lowest BCUT2D eigenvalue weighted by Gasteiger charge is -2.30. The van der Waals surface area contributed by atoms with E-state index in [9.17, 15) is 8.78 Å². The number of rotatable bonds is 11. The number of piperidine rings is 1. The van der Waals surface area contributed by atoms with Crippen molar-refractivity contribution in [2.75, 3.05) is 49.7 Å². The second-order valence-electron chi connectivity index (χ2n) is 10.3. The largest absolute Gasteiger partial charge is 0.486 e. The Morgan fingerprint density at radius 2 is 1.97 bits per heavy atom. The van der Waals surface area contributed by atoms with Crippen molar-refractivity contribution >= 4 is 12.0 Å². The maximum absolute atomic E-state index is 14.3. The summed E-state index contributed by atoms with van der Waals surface area (Å²) in [5.41, 5.74) is 6.26. The van der Waals surface area contributed by atoms with Crippen LogP contribution in [0.15, 0.2) is 47.2 Å². The third-order valence-corrected chi connectivity index (χ3v) is 7.06. The van der Waals surface area contributed by atoms with Crippen molar-refractivity contribution in [3.05, 3.63) is 48.5 Å². The van der Waals surface area contributed by atoms with Crippen molar-refractivity contribution in [1.82, 2.24) is 20.1 Å². The Balaban J connectivity index is 1.29. The van der Waals surface area contributed by atoms with Crippen LogP contribution in [0.3, 0.4) is 0 Å². The van der Waals surface area contributed by atoms with E-state index >= 15 is 0 Å². The lowest BCUT2D eigenvalue weighted by atomic mass is 9.98. The van der Waals surface area contributed by atoms with Crippen LogP contribution in [-0.4, -0.2) is 66.0 Å². The maximum atomic E-state index is 14.3. The summed E-state index contributed by atoms with van der Waals surface area (Å²) in [5.74, 6) is 1.32. The first-order valence-electron chi connectivity index (χ1n) is 13.2. The predicted octanol–water partition coefficient (Wildman–Crippen LogP) is 4.33. The lowest BCUT2D eigenvalue weighted by Crippen LogP contribution is -2.35. The molecule has 2 fully saturated rings. The molecule has 2 atom stereocenters. The predicted molar refractivity (Wildman–Crippen MR) is 144 cm³/mol. The Labute approximate surface area is 227 Å². The van der Waals surface area contributed by atoms with Gasteiger partial charge in [-0.3, -0.25) is 0 Å². The molecule has 2 aromatic heterocycles. The first-order chi connectivity index (χ1) is 18.8. The van der Waals surface area contributed by atoms with Crippen LogP contribution < -0.4 is 25.0 Å².